The molecule has 4 heteroatoms. The molecule has 1 aromatic rings. The van der Waals surface area contributed by atoms with Crippen molar-refractivity contribution in [1.82, 2.24) is 19.6 Å². The summed E-state index contributed by atoms with van der Waals surface area (Å²) < 4.78 is 2.29. The van der Waals surface area contributed by atoms with Crippen molar-refractivity contribution in [3.63, 3.8) is 0 Å². The smallest absolute Gasteiger partial charge is 0.0536 e. The van der Waals surface area contributed by atoms with Crippen molar-refractivity contribution in [1.29, 1.82) is 0 Å². The maximum absolute atomic E-state index is 4.97. The van der Waals surface area contributed by atoms with E-state index in [0.29, 0.717) is 0 Å². The van der Waals surface area contributed by atoms with Crippen LogP contribution in [0.4, 0.5) is 0 Å². The third-order valence-electron chi connectivity index (χ3n) is 15.0. The van der Waals surface area contributed by atoms with E-state index in [-0.39, 0.29) is 0 Å². The minimum atomic E-state index is 1.04. The number of rotatable bonds is 57. The first-order valence-electron chi connectivity index (χ1n) is 31.2. The molecule has 0 radical (unpaired) electrons. The molecule has 0 amide bonds. The Morgan fingerprint density at radius 1 is 0.288 bits per heavy atom. The molecule has 0 fully saturated rings. The number of aromatic nitrogens is 2. The number of unbranched alkanes of at least 4 members (excludes halogenated alkanes) is 44. The molecule has 0 aromatic carbocycles. The van der Waals surface area contributed by atoms with E-state index in [0.717, 1.165) is 19.6 Å². The normalized spacial score (nSPS) is 11.9. The van der Waals surface area contributed by atoms with Gasteiger partial charge in [-0.2, -0.15) is 5.10 Å². The monoisotopic (exact) mass is 925 g/mol. The highest BCUT2D eigenvalue weighted by Gasteiger charge is 2.11. The van der Waals surface area contributed by atoms with E-state index in [9.17, 15) is 0 Å². The van der Waals surface area contributed by atoms with Crippen molar-refractivity contribution in [3.05, 3.63) is 18.0 Å². The lowest BCUT2D eigenvalue weighted by atomic mass is 10.0. The van der Waals surface area contributed by atoms with Crippen molar-refractivity contribution in [3.8, 4) is 0 Å². The van der Waals surface area contributed by atoms with Gasteiger partial charge in [0.2, 0.25) is 0 Å². The third kappa shape index (κ3) is 45.6. The molecule has 0 bridgehead atoms. The standard InChI is InChI=1S/C62H124N4/c1-5-9-13-17-21-25-29-33-37-41-45-49-53-64(54-50-46-42-38-34-30-26-22-18-14-10-6-2)57-58-66-61-62(59-63-66)60-65(55-51-47-43-39-35-31-27-23-19-15-11-7-3)56-52-48-44-40-36-32-28-24-20-16-12-8-4/h59,61H,5-58,60H2,1-4H3. The van der Waals surface area contributed by atoms with E-state index in [1.54, 1.807) is 0 Å². The number of nitrogens with zero attached hydrogens (tertiary/aromatic N) is 4. The molecule has 66 heavy (non-hydrogen) atoms. The summed E-state index contributed by atoms with van der Waals surface area (Å²) >= 11 is 0. The van der Waals surface area contributed by atoms with Gasteiger partial charge in [0, 0.05) is 24.8 Å². The maximum atomic E-state index is 4.97. The Bertz CT molecular complexity index is 965. The second-order valence-corrected chi connectivity index (χ2v) is 21.8. The van der Waals surface area contributed by atoms with Gasteiger partial charge in [-0.15, -0.1) is 0 Å². The van der Waals surface area contributed by atoms with Gasteiger partial charge in [0.1, 0.15) is 0 Å². The Morgan fingerprint density at radius 3 is 0.773 bits per heavy atom. The van der Waals surface area contributed by atoms with Crippen LogP contribution in [0.3, 0.4) is 0 Å². The van der Waals surface area contributed by atoms with E-state index in [1.807, 2.05) is 0 Å². The molecule has 0 atom stereocenters. The average Bonchev–Trinajstić information content (AvgIpc) is 3.78. The molecule has 1 heterocycles. The highest BCUT2D eigenvalue weighted by molar-refractivity contribution is 5.03. The van der Waals surface area contributed by atoms with E-state index in [4.69, 9.17) is 5.10 Å². The van der Waals surface area contributed by atoms with Crippen LogP contribution in [-0.4, -0.2) is 52.3 Å². The summed E-state index contributed by atoms with van der Waals surface area (Å²) in [5.74, 6) is 0. The highest BCUT2D eigenvalue weighted by Crippen LogP contribution is 2.18. The maximum Gasteiger partial charge on any atom is 0.0536 e. The molecule has 392 valence electrons. The minimum absolute atomic E-state index is 1.04. The van der Waals surface area contributed by atoms with Gasteiger partial charge in [0.05, 0.1) is 12.7 Å². The third-order valence-corrected chi connectivity index (χ3v) is 15.0. The Balaban J connectivity index is 2.56. The van der Waals surface area contributed by atoms with Crippen molar-refractivity contribution in [2.45, 2.75) is 349 Å². The molecule has 0 saturated heterocycles. The van der Waals surface area contributed by atoms with Gasteiger partial charge in [-0.05, 0) is 51.9 Å². The lowest BCUT2D eigenvalue weighted by Gasteiger charge is -2.23. The number of hydrogen-bond acceptors (Lipinski definition) is 3. The summed E-state index contributed by atoms with van der Waals surface area (Å²) in [6.45, 7) is 17.6. The van der Waals surface area contributed by atoms with Crippen molar-refractivity contribution < 1.29 is 0 Å². The fraction of sp³-hybridized carbons (Fsp3) is 0.952. The average molecular weight is 926 g/mol. The molecule has 0 saturated carbocycles. The van der Waals surface area contributed by atoms with Crippen LogP contribution in [0.25, 0.3) is 0 Å². The van der Waals surface area contributed by atoms with Crippen LogP contribution in [0.1, 0.15) is 341 Å². The van der Waals surface area contributed by atoms with Crippen molar-refractivity contribution in [2.75, 3.05) is 32.7 Å². The number of hydrogen-bond donors (Lipinski definition) is 0. The van der Waals surface area contributed by atoms with Gasteiger partial charge in [0.25, 0.3) is 0 Å². The Labute approximate surface area is 417 Å². The molecule has 0 aliphatic carbocycles. The largest absolute Gasteiger partial charge is 0.301 e. The zero-order valence-electron chi connectivity index (χ0n) is 46.3. The summed E-state index contributed by atoms with van der Waals surface area (Å²) in [6, 6.07) is 0. The second kappa shape index (κ2) is 53.5. The van der Waals surface area contributed by atoms with Crippen LogP contribution in [-0.2, 0) is 13.1 Å². The van der Waals surface area contributed by atoms with Gasteiger partial charge < -0.3 is 4.90 Å². The molecule has 0 aliphatic rings. The fourth-order valence-electron chi connectivity index (χ4n) is 10.4. The topological polar surface area (TPSA) is 24.3 Å². The lowest BCUT2D eigenvalue weighted by Crippen LogP contribution is -2.30. The van der Waals surface area contributed by atoms with E-state index < -0.39 is 0 Å². The van der Waals surface area contributed by atoms with Gasteiger partial charge in [-0.25, -0.2) is 0 Å². The summed E-state index contributed by atoms with van der Waals surface area (Å²) in [7, 11) is 0. The van der Waals surface area contributed by atoms with Crippen molar-refractivity contribution >= 4 is 0 Å². The first-order chi connectivity index (χ1) is 32.7. The molecule has 0 aliphatic heterocycles. The van der Waals surface area contributed by atoms with Crippen LogP contribution in [0.2, 0.25) is 0 Å². The SMILES string of the molecule is CCCCCCCCCCCCCCN(CCCCCCCCCCCCCC)CCn1cc(CN(CCCCCCCCCCCCCC)CCCCCCCCCCCCCC)cn1. The van der Waals surface area contributed by atoms with E-state index in [1.165, 1.54) is 340 Å². The zero-order valence-corrected chi connectivity index (χ0v) is 46.3. The second-order valence-electron chi connectivity index (χ2n) is 21.8. The summed E-state index contributed by atoms with van der Waals surface area (Å²) in [6.07, 6.45) is 73.3. The molecular weight excluding hydrogens is 801 g/mol. The summed E-state index contributed by atoms with van der Waals surface area (Å²) in [5, 5.41) is 4.97. The van der Waals surface area contributed by atoms with Crippen LogP contribution >= 0.6 is 0 Å². The van der Waals surface area contributed by atoms with Gasteiger partial charge in [-0.1, -0.05) is 310 Å². The Hall–Kier alpha value is -0.870. The first-order valence-corrected chi connectivity index (χ1v) is 31.2. The lowest BCUT2D eigenvalue weighted by molar-refractivity contribution is 0.245. The fourth-order valence-corrected chi connectivity index (χ4v) is 10.4. The predicted molar refractivity (Wildman–Crippen MR) is 298 cm³/mol. The minimum Gasteiger partial charge on any atom is -0.301 e. The van der Waals surface area contributed by atoms with E-state index in [2.05, 4.69) is 54.6 Å². The predicted octanol–water partition coefficient (Wildman–Crippen LogP) is 20.8. The van der Waals surface area contributed by atoms with E-state index >= 15 is 0 Å². The summed E-state index contributed by atoms with van der Waals surface area (Å²) in [5.41, 5.74) is 1.43. The van der Waals surface area contributed by atoms with Crippen LogP contribution in [0, 0.1) is 0 Å². The molecule has 0 unspecified atom stereocenters. The summed E-state index contributed by atoms with van der Waals surface area (Å²) in [4.78, 5) is 5.60. The van der Waals surface area contributed by atoms with Crippen molar-refractivity contribution in [2.24, 2.45) is 0 Å². The van der Waals surface area contributed by atoms with Crippen LogP contribution in [0.5, 0.6) is 0 Å². The van der Waals surface area contributed by atoms with Crippen LogP contribution in [0.15, 0.2) is 12.4 Å². The zero-order chi connectivity index (χ0) is 47.3. The molecule has 4 nitrogen and oxygen atoms in total. The Kier molecular flexibility index (Phi) is 51.2. The molecule has 1 aromatic heterocycles. The molecular formula is C62H124N4. The molecule has 0 spiro atoms. The van der Waals surface area contributed by atoms with Gasteiger partial charge in [0.15, 0.2) is 0 Å². The quantitative estimate of drug-likeness (QED) is 0.0609. The Morgan fingerprint density at radius 2 is 0.515 bits per heavy atom. The molecule has 1 rings (SSSR count). The highest BCUT2D eigenvalue weighted by atomic mass is 15.3. The van der Waals surface area contributed by atoms with Crippen LogP contribution < -0.4 is 0 Å². The van der Waals surface area contributed by atoms with Gasteiger partial charge >= 0.3 is 0 Å². The molecule has 0 N–H and O–H groups in total. The first kappa shape index (κ1) is 63.1. The van der Waals surface area contributed by atoms with Gasteiger partial charge in [-0.3, -0.25) is 9.58 Å².